The van der Waals surface area contributed by atoms with Crippen LogP contribution in [-0.2, 0) is 5.60 Å². The van der Waals surface area contributed by atoms with Gasteiger partial charge in [-0.1, -0.05) is 24.3 Å². The largest absolute Gasteiger partial charge is 0.386 e. The molecule has 0 aliphatic carbocycles. The van der Waals surface area contributed by atoms with Gasteiger partial charge in [0.15, 0.2) is 0 Å². The molecule has 1 aliphatic rings. The first-order chi connectivity index (χ1) is 8.71. The Morgan fingerprint density at radius 2 is 1.74 bits per heavy atom. The molecule has 1 heterocycles. The summed E-state index contributed by atoms with van der Waals surface area (Å²) in [4.78, 5) is 2.57. The molecule has 0 saturated carbocycles. The van der Waals surface area contributed by atoms with Crippen molar-refractivity contribution in [2.24, 2.45) is 0 Å². The molecule has 1 fully saturated rings. The number of hydrogen-bond donors (Lipinski definition) is 1. The molecule has 1 atom stereocenters. The molecule has 0 spiro atoms. The third-order valence-electron chi connectivity index (χ3n) is 4.09. The van der Waals surface area contributed by atoms with Gasteiger partial charge in [0.2, 0.25) is 0 Å². The molecular formula is C17H27NO. The summed E-state index contributed by atoms with van der Waals surface area (Å²) < 4.78 is 0. The second kappa shape index (κ2) is 4.92. The fourth-order valence-electron chi connectivity index (χ4n) is 3.24. The summed E-state index contributed by atoms with van der Waals surface area (Å²) in [5, 5.41) is 10.4. The van der Waals surface area contributed by atoms with E-state index in [0.29, 0.717) is 6.04 Å². The smallest absolute Gasteiger partial charge is 0.0843 e. The van der Waals surface area contributed by atoms with E-state index in [-0.39, 0.29) is 5.54 Å². The molecule has 1 N–H and O–H groups in total. The second-order valence-corrected chi connectivity index (χ2v) is 7.17. The van der Waals surface area contributed by atoms with Crippen molar-refractivity contribution in [2.45, 2.75) is 64.6 Å². The Morgan fingerprint density at radius 3 is 2.32 bits per heavy atom. The lowest BCUT2D eigenvalue weighted by Gasteiger charge is -2.38. The van der Waals surface area contributed by atoms with E-state index in [2.05, 4.69) is 43.9 Å². The van der Waals surface area contributed by atoms with E-state index in [1.165, 1.54) is 18.4 Å². The third-order valence-corrected chi connectivity index (χ3v) is 4.09. The average Bonchev–Trinajstić information content (AvgIpc) is 2.76. The Kier molecular flexibility index (Phi) is 3.76. The lowest BCUT2D eigenvalue weighted by Crippen LogP contribution is -2.41. The Hall–Kier alpha value is -0.860. The number of aliphatic hydroxyl groups is 1. The van der Waals surface area contributed by atoms with Crippen molar-refractivity contribution in [3.05, 3.63) is 35.4 Å². The molecule has 2 nitrogen and oxygen atoms in total. The van der Waals surface area contributed by atoms with Crippen molar-refractivity contribution < 1.29 is 5.11 Å². The molecule has 1 saturated heterocycles. The third kappa shape index (κ3) is 3.01. The van der Waals surface area contributed by atoms with Gasteiger partial charge in [-0.2, -0.15) is 0 Å². The van der Waals surface area contributed by atoms with Crippen LogP contribution in [0.15, 0.2) is 24.3 Å². The summed E-state index contributed by atoms with van der Waals surface area (Å²) in [6.45, 7) is 11.7. The Labute approximate surface area is 117 Å². The van der Waals surface area contributed by atoms with Crippen LogP contribution in [-0.4, -0.2) is 22.1 Å². The average molecular weight is 261 g/mol. The van der Waals surface area contributed by atoms with Crippen molar-refractivity contribution in [2.75, 3.05) is 6.54 Å². The minimum absolute atomic E-state index is 0.174. The molecular weight excluding hydrogens is 234 g/mol. The lowest BCUT2D eigenvalue weighted by molar-refractivity contribution is 0.0719. The highest BCUT2D eigenvalue weighted by Crippen LogP contribution is 2.40. The van der Waals surface area contributed by atoms with Crippen LogP contribution in [0.5, 0.6) is 0 Å². The highest BCUT2D eigenvalue weighted by Gasteiger charge is 2.36. The number of likely N-dealkylation sites (tertiary alicyclic amines) is 1. The van der Waals surface area contributed by atoms with Gasteiger partial charge in [0.1, 0.15) is 0 Å². The van der Waals surface area contributed by atoms with Crippen LogP contribution in [0, 0.1) is 0 Å². The number of nitrogens with zero attached hydrogens (tertiary/aromatic N) is 1. The van der Waals surface area contributed by atoms with Crippen molar-refractivity contribution in [3.63, 3.8) is 0 Å². The highest BCUT2D eigenvalue weighted by molar-refractivity contribution is 5.34. The molecule has 0 bridgehead atoms. The van der Waals surface area contributed by atoms with Crippen molar-refractivity contribution in [3.8, 4) is 0 Å². The van der Waals surface area contributed by atoms with Gasteiger partial charge in [0, 0.05) is 11.6 Å². The molecule has 1 aromatic rings. The summed E-state index contributed by atoms with van der Waals surface area (Å²) in [5.41, 5.74) is 1.76. The fourth-order valence-corrected chi connectivity index (χ4v) is 3.24. The van der Waals surface area contributed by atoms with E-state index in [9.17, 15) is 5.11 Å². The van der Waals surface area contributed by atoms with E-state index < -0.39 is 5.60 Å². The Morgan fingerprint density at radius 1 is 1.11 bits per heavy atom. The number of benzene rings is 1. The monoisotopic (exact) mass is 261 g/mol. The molecule has 2 rings (SSSR count). The predicted molar refractivity (Wildman–Crippen MR) is 80.1 cm³/mol. The molecule has 0 amide bonds. The topological polar surface area (TPSA) is 23.5 Å². The highest BCUT2D eigenvalue weighted by atomic mass is 16.3. The van der Waals surface area contributed by atoms with Crippen molar-refractivity contribution >= 4 is 0 Å². The van der Waals surface area contributed by atoms with Crippen LogP contribution >= 0.6 is 0 Å². The van der Waals surface area contributed by atoms with E-state index in [4.69, 9.17) is 0 Å². The van der Waals surface area contributed by atoms with Gasteiger partial charge >= 0.3 is 0 Å². The molecule has 2 heteroatoms. The summed E-state index contributed by atoms with van der Waals surface area (Å²) >= 11 is 0. The molecule has 1 aliphatic heterocycles. The van der Waals surface area contributed by atoms with Gasteiger partial charge < -0.3 is 5.11 Å². The zero-order chi connectivity index (χ0) is 14.3. The quantitative estimate of drug-likeness (QED) is 0.874. The van der Waals surface area contributed by atoms with Gasteiger partial charge in [-0.15, -0.1) is 0 Å². The maximum Gasteiger partial charge on any atom is 0.0843 e. The molecule has 19 heavy (non-hydrogen) atoms. The number of hydrogen-bond acceptors (Lipinski definition) is 2. The van der Waals surface area contributed by atoms with E-state index in [0.717, 1.165) is 12.1 Å². The first-order valence-corrected chi connectivity index (χ1v) is 7.30. The van der Waals surface area contributed by atoms with Gasteiger partial charge in [0.25, 0.3) is 0 Å². The molecule has 1 unspecified atom stereocenters. The van der Waals surface area contributed by atoms with E-state index >= 15 is 0 Å². The predicted octanol–water partition coefficient (Wildman–Crippen LogP) is 3.85. The minimum Gasteiger partial charge on any atom is -0.386 e. The standard InChI is InChI=1S/C17H27NO/c1-16(2,3)18-12-8-11-15(18)13-9-6-7-10-14(13)17(4,5)19/h6-7,9-10,15,19H,8,11-12H2,1-5H3. The van der Waals surface area contributed by atoms with Gasteiger partial charge in [0.05, 0.1) is 5.60 Å². The zero-order valence-electron chi connectivity index (χ0n) is 12.9. The number of rotatable bonds is 2. The molecule has 0 radical (unpaired) electrons. The fraction of sp³-hybridized carbons (Fsp3) is 0.647. The summed E-state index contributed by atoms with van der Waals surface area (Å²) in [5.74, 6) is 0. The summed E-state index contributed by atoms with van der Waals surface area (Å²) in [6.07, 6.45) is 2.42. The maximum absolute atomic E-state index is 10.4. The van der Waals surface area contributed by atoms with Crippen LogP contribution in [0.4, 0.5) is 0 Å². The van der Waals surface area contributed by atoms with Crippen molar-refractivity contribution in [1.29, 1.82) is 0 Å². The van der Waals surface area contributed by atoms with Crippen molar-refractivity contribution in [1.82, 2.24) is 4.90 Å². The van der Waals surface area contributed by atoms with Crippen LogP contribution in [0.3, 0.4) is 0 Å². The van der Waals surface area contributed by atoms with Crippen LogP contribution in [0.25, 0.3) is 0 Å². The van der Waals surface area contributed by atoms with E-state index in [1.807, 2.05) is 19.9 Å². The minimum atomic E-state index is -0.775. The Balaban J connectivity index is 2.42. The van der Waals surface area contributed by atoms with Crippen LogP contribution < -0.4 is 0 Å². The molecule has 1 aromatic carbocycles. The van der Waals surface area contributed by atoms with Gasteiger partial charge in [-0.3, -0.25) is 4.90 Å². The summed E-state index contributed by atoms with van der Waals surface area (Å²) in [7, 11) is 0. The first kappa shape index (κ1) is 14.5. The zero-order valence-corrected chi connectivity index (χ0v) is 12.9. The second-order valence-electron chi connectivity index (χ2n) is 7.17. The van der Waals surface area contributed by atoms with Crippen LogP contribution in [0.2, 0.25) is 0 Å². The van der Waals surface area contributed by atoms with E-state index in [1.54, 1.807) is 0 Å². The normalized spacial score (nSPS) is 21.9. The van der Waals surface area contributed by atoms with Gasteiger partial charge in [-0.05, 0) is 65.1 Å². The SMILES string of the molecule is CC(C)(O)c1ccccc1C1CCCN1C(C)(C)C. The van der Waals surface area contributed by atoms with Crippen LogP contribution in [0.1, 0.15) is 64.6 Å². The lowest BCUT2D eigenvalue weighted by atomic mass is 9.88. The maximum atomic E-state index is 10.4. The Bertz CT molecular complexity index is 439. The summed E-state index contributed by atoms with van der Waals surface area (Å²) in [6, 6.07) is 8.79. The molecule has 106 valence electrons. The first-order valence-electron chi connectivity index (χ1n) is 7.30. The molecule has 0 aromatic heterocycles. The van der Waals surface area contributed by atoms with Gasteiger partial charge in [-0.25, -0.2) is 0 Å².